The molecule has 0 saturated carbocycles. The number of carbonyl (C=O) groups is 2. The van der Waals surface area contributed by atoms with Crippen LogP contribution < -0.4 is 5.32 Å². The first-order valence-electron chi connectivity index (χ1n) is 8.84. The van der Waals surface area contributed by atoms with E-state index in [2.05, 4.69) is 20.4 Å². The smallest absolute Gasteiger partial charge is 0.274 e. The summed E-state index contributed by atoms with van der Waals surface area (Å²) < 4.78 is 1.65. The number of nitrogens with zero attached hydrogens (tertiary/aromatic N) is 5. The molecule has 3 heterocycles. The van der Waals surface area contributed by atoms with Gasteiger partial charge in [0.2, 0.25) is 5.91 Å². The van der Waals surface area contributed by atoms with Crippen molar-refractivity contribution in [2.45, 2.75) is 32.7 Å². The summed E-state index contributed by atoms with van der Waals surface area (Å²) in [6, 6.07) is 1.76. The van der Waals surface area contributed by atoms with Gasteiger partial charge in [0.05, 0.1) is 24.1 Å². The SMILES string of the molecule is CC(=O)NCc1cnc(CC2CCN(C(=O)c3ccn(C)n3)CC2)cn1. The van der Waals surface area contributed by atoms with Crippen LogP contribution in [0.25, 0.3) is 0 Å². The minimum atomic E-state index is -0.0807. The van der Waals surface area contributed by atoms with E-state index < -0.39 is 0 Å². The molecular formula is C18H24N6O2. The number of likely N-dealkylation sites (tertiary alicyclic amines) is 1. The molecule has 1 saturated heterocycles. The van der Waals surface area contributed by atoms with Gasteiger partial charge >= 0.3 is 0 Å². The Kier molecular flexibility index (Phi) is 5.60. The Balaban J connectivity index is 1.48. The van der Waals surface area contributed by atoms with E-state index in [0.29, 0.717) is 18.2 Å². The fourth-order valence-corrected chi connectivity index (χ4v) is 3.12. The summed E-state index contributed by atoms with van der Waals surface area (Å²) in [5, 5.41) is 6.90. The molecule has 138 valence electrons. The number of hydrogen-bond donors (Lipinski definition) is 1. The van der Waals surface area contributed by atoms with Crippen molar-refractivity contribution in [3.8, 4) is 0 Å². The van der Waals surface area contributed by atoms with Gasteiger partial charge in [-0.05, 0) is 31.2 Å². The molecule has 2 aromatic rings. The largest absolute Gasteiger partial charge is 0.351 e. The summed E-state index contributed by atoms with van der Waals surface area (Å²) in [4.78, 5) is 34.0. The van der Waals surface area contributed by atoms with Crippen LogP contribution in [0.2, 0.25) is 0 Å². The van der Waals surface area contributed by atoms with Crippen molar-refractivity contribution in [3.05, 3.63) is 41.7 Å². The first kappa shape index (κ1) is 18.0. The van der Waals surface area contributed by atoms with Gasteiger partial charge in [-0.3, -0.25) is 24.2 Å². The van der Waals surface area contributed by atoms with Crippen molar-refractivity contribution in [2.24, 2.45) is 13.0 Å². The zero-order valence-corrected chi connectivity index (χ0v) is 15.2. The number of rotatable bonds is 5. The third kappa shape index (κ3) is 4.65. The molecule has 3 rings (SSSR count). The van der Waals surface area contributed by atoms with E-state index in [1.165, 1.54) is 6.92 Å². The number of aryl methyl sites for hydroxylation is 1. The standard InChI is InChI=1S/C18H24N6O2/c1-13(25)19-11-16-12-20-15(10-21-16)9-14-3-7-24(8-4-14)18(26)17-5-6-23(2)22-17/h5-6,10,12,14H,3-4,7-9,11H2,1-2H3,(H,19,25). The zero-order valence-electron chi connectivity index (χ0n) is 15.2. The van der Waals surface area contributed by atoms with Crippen LogP contribution >= 0.6 is 0 Å². The number of carbonyl (C=O) groups excluding carboxylic acids is 2. The highest BCUT2D eigenvalue weighted by Crippen LogP contribution is 2.21. The highest BCUT2D eigenvalue weighted by molar-refractivity contribution is 5.92. The van der Waals surface area contributed by atoms with Crippen LogP contribution in [-0.2, 0) is 24.8 Å². The average Bonchev–Trinajstić information content (AvgIpc) is 3.07. The van der Waals surface area contributed by atoms with Gasteiger partial charge in [-0.1, -0.05) is 0 Å². The van der Waals surface area contributed by atoms with E-state index >= 15 is 0 Å². The molecule has 0 aliphatic carbocycles. The third-order valence-corrected chi connectivity index (χ3v) is 4.61. The predicted molar refractivity (Wildman–Crippen MR) is 95.1 cm³/mol. The molecule has 2 aromatic heterocycles. The maximum Gasteiger partial charge on any atom is 0.274 e. The molecule has 0 atom stereocenters. The molecule has 0 aromatic carbocycles. The Morgan fingerprint density at radius 3 is 2.46 bits per heavy atom. The van der Waals surface area contributed by atoms with Crippen molar-refractivity contribution >= 4 is 11.8 Å². The minimum absolute atomic E-state index is 0.00571. The molecule has 8 heteroatoms. The van der Waals surface area contributed by atoms with Crippen LogP contribution in [0.15, 0.2) is 24.7 Å². The van der Waals surface area contributed by atoms with Gasteiger partial charge in [-0.15, -0.1) is 0 Å². The molecule has 0 bridgehead atoms. The van der Waals surface area contributed by atoms with E-state index in [1.54, 1.807) is 29.3 Å². The Morgan fingerprint density at radius 1 is 1.19 bits per heavy atom. The van der Waals surface area contributed by atoms with Crippen molar-refractivity contribution in [2.75, 3.05) is 13.1 Å². The fraction of sp³-hybridized carbons (Fsp3) is 0.500. The highest BCUT2D eigenvalue weighted by atomic mass is 16.2. The molecule has 2 amide bonds. The van der Waals surface area contributed by atoms with Crippen LogP contribution in [-0.4, -0.2) is 49.6 Å². The predicted octanol–water partition coefficient (Wildman–Crippen LogP) is 0.941. The van der Waals surface area contributed by atoms with Gasteiger partial charge in [0.25, 0.3) is 5.91 Å². The molecule has 8 nitrogen and oxygen atoms in total. The molecular weight excluding hydrogens is 332 g/mol. The second kappa shape index (κ2) is 8.07. The topological polar surface area (TPSA) is 93.0 Å². The van der Waals surface area contributed by atoms with Gasteiger partial charge in [0, 0.05) is 39.5 Å². The van der Waals surface area contributed by atoms with Crippen molar-refractivity contribution in [3.63, 3.8) is 0 Å². The van der Waals surface area contributed by atoms with Crippen molar-refractivity contribution < 1.29 is 9.59 Å². The quantitative estimate of drug-likeness (QED) is 0.861. The summed E-state index contributed by atoms with van der Waals surface area (Å²) >= 11 is 0. The Labute approximate surface area is 152 Å². The summed E-state index contributed by atoms with van der Waals surface area (Å²) in [6.07, 6.45) is 8.04. The average molecular weight is 356 g/mol. The first-order valence-corrected chi connectivity index (χ1v) is 8.84. The highest BCUT2D eigenvalue weighted by Gasteiger charge is 2.25. The van der Waals surface area contributed by atoms with E-state index in [0.717, 1.165) is 43.7 Å². The van der Waals surface area contributed by atoms with E-state index in [4.69, 9.17) is 0 Å². The summed E-state index contributed by atoms with van der Waals surface area (Å²) in [5.41, 5.74) is 2.21. The molecule has 0 unspecified atom stereocenters. The van der Waals surface area contributed by atoms with Crippen LogP contribution in [0.5, 0.6) is 0 Å². The van der Waals surface area contributed by atoms with Crippen LogP contribution in [0.4, 0.5) is 0 Å². The lowest BCUT2D eigenvalue weighted by Crippen LogP contribution is -2.39. The van der Waals surface area contributed by atoms with E-state index in [9.17, 15) is 9.59 Å². The number of hydrogen-bond acceptors (Lipinski definition) is 5. The fourth-order valence-electron chi connectivity index (χ4n) is 3.12. The van der Waals surface area contributed by atoms with Crippen molar-refractivity contribution in [1.29, 1.82) is 0 Å². The number of nitrogens with one attached hydrogen (secondary N) is 1. The number of aromatic nitrogens is 4. The molecule has 1 aliphatic rings. The number of amides is 2. The lowest BCUT2D eigenvalue weighted by molar-refractivity contribution is -0.119. The van der Waals surface area contributed by atoms with Gasteiger partial charge in [0.15, 0.2) is 0 Å². The van der Waals surface area contributed by atoms with Gasteiger partial charge < -0.3 is 10.2 Å². The van der Waals surface area contributed by atoms with Crippen LogP contribution in [0, 0.1) is 5.92 Å². The summed E-state index contributed by atoms with van der Waals surface area (Å²) in [7, 11) is 1.81. The Hall–Kier alpha value is -2.77. The minimum Gasteiger partial charge on any atom is -0.351 e. The second-order valence-corrected chi connectivity index (χ2v) is 6.72. The third-order valence-electron chi connectivity index (χ3n) is 4.61. The van der Waals surface area contributed by atoms with Gasteiger partial charge in [-0.2, -0.15) is 5.10 Å². The molecule has 1 fully saturated rings. The van der Waals surface area contributed by atoms with E-state index in [1.807, 2.05) is 11.9 Å². The molecule has 0 radical (unpaired) electrons. The summed E-state index contributed by atoms with van der Waals surface area (Å²) in [6.45, 7) is 3.37. The monoisotopic (exact) mass is 356 g/mol. The van der Waals surface area contributed by atoms with Gasteiger partial charge in [-0.25, -0.2) is 0 Å². The van der Waals surface area contributed by atoms with E-state index in [-0.39, 0.29) is 11.8 Å². The van der Waals surface area contributed by atoms with Crippen molar-refractivity contribution in [1.82, 2.24) is 30.0 Å². The maximum absolute atomic E-state index is 12.4. The first-order chi connectivity index (χ1) is 12.5. The Bertz CT molecular complexity index is 762. The normalized spacial score (nSPS) is 15.1. The van der Waals surface area contributed by atoms with Crippen LogP contribution in [0.3, 0.4) is 0 Å². The molecule has 1 N–H and O–H groups in total. The number of piperidine rings is 1. The lowest BCUT2D eigenvalue weighted by Gasteiger charge is -2.31. The summed E-state index contributed by atoms with van der Waals surface area (Å²) in [5.74, 6) is 0.423. The lowest BCUT2D eigenvalue weighted by atomic mass is 9.92. The molecule has 26 heavy (non-hydrogen) atoms. The van der Waals surface area contributed by atoms with Gasteiger partial charge in [0.1, 0.15) is 5.69 Å². The second-order valence-electron chi connectivity index (χ2n) is 6.72. The molecule has 1 aliphatic heterocycles. The molecule has 0 spiro atoms. The maximum atomic E-state index is 12.4. The Morgan fingerprint density at radius 2 is 1.88 bits per heavy atom. The zero-order chi connectivity index (χ0) is 18.5. The van der Waals surface area contributed by atoms with Crippen LogP contribution in [0.1, 0.15) is 41.6 Å².